The number of aryl methyl sites for hydroxylation is 4. The first-order valence-corrected chi connectivity index (χ1v) is 12.3. The third-order valence-electron chi connectivity index (χ3n) is 5.62. The maximum absolute atomic E-state index is 12.6. The highest BCUT2D eigenvalue weighted by Crippen LogP contribution is 2.35. The number of hydrogen-bond acceptors (Lipinski definition) is 6. The number of thioether (sulfide) groups is 1. The van der Waals surface area contributed by atoms with Gasteiger partial charge in [-0.25, -0.2) is 9.97 Å². The van der Waals surface area contributed by atoms with Gasteiger partial charge in [0.15, 0.2) is 0 Å². The Bertz CT molecular complexity index is 1280. The minimum atomic E-state index is -0.0152. The molecule has 166 valence electrons. The van der Waals surface area contributed by atoms with Crippen LogP contribution in [0.4, 0.5) is 0 Å². The van der Waals surface area contributed by atoms with Crippen LogP contribution in [0.15, 0.2) is 35.4 Å². The second kappa shape index (κ2) is 9.42. The van der Waals surface area contributed by atoms with Crippen molar-refractivity contribution >= 4 is 39.2 Å². The normalized spacial score (nSPS) is 11.3. The van der Waals surface area contributed by atoms with E-state index < -0.39 is 0 Å². The average molecular weight is 466 g/mol. The van der Waals surface area contributed by atoms with Crippen LogP contribution in [-0.2, 0) is 17.9 Å². The van der Waals surface area contributed by atoms with E-state index in [9.17, 15) is 4.79 Å². The lowest BCUT2D eigenvalue weighted by atomic mass is 10.2. The van der Waals surface area contributed by atoms with E-state index in [-0.39, 0.29) is 5.91 Å². The highest BCUT2D eigenvalue weighted by Gasteiger charge is 2.16. The SMILES string of the molecule is Cc1nc(SCC(=O)NCc2c(C)nn(Cc3ccccc3)c2C)c2c(C)c(C)sc2n1. The van der Waals surface area contributed by atoms with E-state index in [0.717, 1.165) is 44.6 Å². The number of carbonyl (C=O) groups is 1. The van der Waals surface area contributed by atoms with Gasteiger partial charge >= 0.3 is 0 Å². The van der Waals surface area contributed by atoms with Crippen LogP contribution in [0.1, 0.15) is 38.8 Å². The summed E-state index contributed by atoms with van der Waals surface area (Å²) in [5.74, 6) is 1.04. The number of thiophene rings is 1. The van der Waals surface area contributed by atoms with E-state index in [2.05, 4.69) is 53.3 Å². The van der Waals surface area contributed by atoms with Gasteiger partial charge in [-0.15, -0.1) is 11.3 Å². The topological polar surface area (TPSA) is 72.7 Å². The van der Waals surface area contributed by atoms with Crippen molar-refractivity contribution in [3.8, 4) is 0 Å². The molecule has 0 spiro atoms. The molecule has 0 aliphatic heterocycles. The van der Waals surface area contributed by atoms with Crippen LogP contribution in [-0.4, -0.2) is 31.4 Å². The van der Waals surface area contributed by atoms with Crippen LogP contribution in [0.2, 0.25) is 0 Å². The van der Waals surface area contributed by atoms with Crippen LogP contribution in [0.5, 0.6) is 0 Å². The maximum atomic E-state index is 12.6. The van der Waals surface area contributed by atoms with Gasteiger partial charge in [0, 0.05) is 28.1 Å². The number of benzene rings is 1. The van der Waals surface area contributed by atoms with Crippen LogP contribution in [0.25, 0.3) is 10.2 Å². The Morgan fingerprint density at radius 1 is 1.09 bits per heavy atom. The number of nitrogens with one attached hydrogen (secondary N) is 1. The summed E-state index contributed by atoms with van der Waals surface area (Å²) < 4.78 is 2.00. The van der Waals surface area contributed by atoms with Crippen LogP contribution in [0.3, 0.4) is 0 Å². The maximum Gasteiger partial charge on any atom is 0.230 e. The largest absolute Gasteiger partial charge is 0.351 e. The summed E-state index contributed by atoms with van der Waals surface area (Å²) in [6.45, 7) is 11.3. The second-order valence-electron chi connectivity index (χ2n) is 7.90. The lowest BCUT2D eigenvalue weighted by Crippen LogP contribution is -2.25. The first kappa shape index (κ1) is 22.5. The third-order valence-corrected chi connectivity index (χ3v) is 7.69. The minimum Gasteiger partial charge on any atom is -0.351 e. The third kappa shape index (κ3) is 4.71. The molecule has 3 aromatic heterocycles. The molecule has 0 radical (unpaired) electrons. The quantitative estimate of drug-likeness (QED) is 0.311. The Balaban J connectivity index is 1.40. The molecule has 8 heteroatoms. The lowest BCUT2D eigenvalue weighted by Gasteiger charge is -2.08. The van der Waals surface area contributed by atoms with E-state index in [1.807, 2.05) is 36.7 Å². The first-order valence-electron chi connectivity index (χ1n) is 10.5. The van der Waals surface area contributed by atoms with Crippen molar-refractivity contribution in [2.45, 2.75) is 52.7 Å². The summed E-state index contributed by atoms with van der Waals surface area (Å²) >= 11 is 3.15. The van der Waals surface area contributed by atoms with Crippen molar-refractivity contribution < 1.29 is 4.79 Å². The summed E-state index contributed by atoms with van der Waals surface area (Å²) in [6.07, 6.45) is 0. The van der Waals surface area contributed by atoms with E-state index in [1.165, 1.54) is 27.8 Å². The minimum absolute atomic E-state index is 0.0152. The van der Waals surface area contributed by atoms with Gasteiger partial charge in [0.1, 0.15) is 15.7 Å². The molecule has 0 aliphatic carbocycles. The standard InChI is InChI=1S/C24H27N5OS2/c1-14-17(4)32-24-22(14)23(26-18(5)27-24)31-13-21(30)25-11-20-15(2)28-29(16(20)3)12-19-9-7-6-8-10-19/h6-10H,11-13H2,1-5H3,(H,25,30). The highest BCUT2D eigenvalue weighted by molar-refractivity contribution is 8.00. The molecule has 0 saturated carbocycles. The Hall–Kier alpha value is -2.71. The molecule has 4 rings (SSSR count). The van der Waals surface area contributed by atoms with Crippen molar-refractivity contribution in [1.29, 1.82) is 0 Å². The summed E-state index contributed by atoms with van der Waals surface area (Å²) in [5.41, 5.74) is 5.50. The molecule has 0 fully saturated rings. The Morgan fingerprint density at radius 3 is 2.59 bits per heavy atom. The van der Waals surface area contributed by atoms with Crippen LogP contribution >= 0.6 is 23.1 Å². The van der Waals surface area contributed by atoms with Gasteiger partial charge in [-0.2, -0.15) is 5.10 Å². The monoisotopic (exact) mass is 465 g/mol. The molecular formula is C24H27N5OS2. The zero-order valence-electron chi connectivity index (χ0n) is 19.0. The summed E-state index contributed by atoms with van der Waals surface area (Å²) in [4.78, 5) is 24.0. The first-order chi connectivity index (χ1) is 15.3. The van der Waals surface area contributed by atoms with Crippen LogP contribution in [0, 0.1) is 34.6 Å². The Labute approximate surface area is 196 Å². The van der Waals surface area contributed by atoms with Gasteiger partial charge in [0.2, 0.25) is 5.91 Å². The van der Waals surface area contributed by atoms with Gasteiger partial charge in [-0.3, -0.25) is 9.48 Å². The number of carbonyl (C=O) groups excluding carboxylic acids is 1. The smallest absolute Gasteiger partial charge is 0.230 e. The van der Waals surface area contributed by atoms with E-state index >= 15 is 0 Å². The summed E-state index contributed by atoms with van der Waals surface area (Å²) in [6, 6.07) is 10.3. The Morgan fingerprint density at radius 2 is 1.84 bits per heavy atom. The van der Waals surface area contributed by atoms with Crippen molar-refractivity contribution in [3.05, 3.63) is 69.1 Å². The number of rotatable bonds is 7. The molecule has 1 aromatic carbocycles. The van der Waals surface area contributed by atoms with Gasteiger partial charge in [0.05, 0.1) is 18.0 Å². The van der Waals surface area contributed by atoms with Crippen molar-refractivity contribution in [2.75, 3.05) is 5.75 Å². The van der Waals surface area contributed by atoms with Crippen LogP contribution < -0.4 is 5.32 Å². The van der Waals surface area contributed by atoms with Crippen molar-refractivity contribution in [1.82, 2.24) is 25.1 Å². The molecule has 4 aromatic rings. The number of amides is 1. The molecule has 0 saturated heterocycles. The number of fused-ring (bicyclic) bond motifs is 1. The van der Waals surface area contributed by atoms with Gasteiger partial charge in [-0.1, -0.05) is 42.1 Å². The van der Waals surface area contributed by atoms with Gasteiger partial charge in [-0.05, 0) is 45.7 Å². The number of aromatic nitrogens is 4. The molecule has 0 atom stereocenters. The molecule has 32 heavy (non-hydrogen) atoms. The molecule has 0 aliphatic rings. The zero-order chi connectivity index (χ0) is 22.8. The fourth-order valence-electron chi connectivity index (χ4n) is 3.69. The highest BCUT2D eigenvalue weighted by atomic mass is 32.2. The van der Waals surface area contributed by atoms with E-state index in [0.29, 0.717) is 12.3 Å². The van der Waals surface area contributed by atoms with Gasteiger partial charge < -0.3 is 5.32 Å². The lowest BCUT2D eigenvalue weighted by molar-refractivity contribution is -0.118. The summed E-state index contributed by atoms with van der Waals surface area (Å²) in [5, 5.41) is 9.69. The molecule has 3 heterocycles. The molecule has 0 unspecified atom stereocenters. The molecule has 1 N–H and O–H groups in total. The van der Waals surface area contributed by atoms with Crippen molar-refractivity contribution in [2.24, 2.45) is 0 Å². The molecule has 1 amide bonds. The molecule has 0 bridgehead atoms. The fraction of sp³-hybridized carbons (Fsp3) is 0.333. The average Bonchev–Trinajstić information content (AvgIpc) is 3.19. The molecule has 6 nitrogen and oxygen atoms in total. The fourth-order valence-corrected chi connectivity index (χ4v) is 5.79. The predicted molar refractivity (Wildman–Crippen MR) is 131 cm³/mol. The van der Waals surface area contributed by atoms with Gasteiger partial charge in [0.25, 0.3) is 0 Å². The summed E-state index contributed by atoms with van der Waals surface area (Å²) in [7, 11) is 0. The molecular weight excluding hydrogens is 438 g/mol. The number of hydrogen-bond donors (Lipinski definition) is 1. The number of nitrogens with zero attached hydrogens (tertiary/aromatic N) is 4. The second-order valence-corrected chi connectivity index (χ2v) is 10.1. The van der Waals surface area contributed by atoms with Crippen molar-refractivity contribution in [3.63, 3.8) is 0 Å². The van der Waals surface area contributed by atoms with E-state index in [1.54, 1.807) is 11.3 Å². The predicted octanol–water partition coefficient (Wildman–Crippen LogP) is 4.89. The zero-order valence-corrected chi connectivity index (χ0v) is 20.7. The Kier molecular flexibility index (Phi) is 6.62. The van der Waals surface area contributed by atoms with E-state index in [4.69, 9.17) is 0 Å².